The molecule has 0 aliphatic heterocycles. The van der Waals surface area contributed by atoms with Crippen molar-refractivity contribution in [1.82, 2.24) is 4.57 Å². The number of nitrogens with zero attached hydrogens (tertiary/aromatic N) is 1. The largest absolute Gasteiger partial charge is 0.478 e. The second-order valence-corrected chi connectivity index (χ2v) is 3.97. The summed E-state index contributed by atoms with van der Waals surface area (Å²) in [4.78, 5) is 22.3. The Hall–Kier alpha value is -2.50. The molecule has 1 aromatic heterocycles. The zero-order valence-electron chi connectivity index (χ0n) is 9.64. The minimum atomic E-state index is -1.18. The second-order valence-electron chi connectivity index (χ2n) is 3.97. The molecule has 6 heteroatoms. The maximum atomic E-state index is 13.0. The van der Waals surface area contributed by atoms with E-state index in [0.717, 1.165) is 35.0 Å². The number of rotatable bonds is 3. The number of pyridine rings is 1. The van der Waals surface area contributed by atoms with Crippen LogP contribution >= 0.6 is 0 Å². The van der Waals surface area contributed by atoms with E-state index in [1.807, 2.05) is 0 Å². The summed E-state index contributed by atoms with van der Waals surface area (Å²) in [6, 6.07) is 5.16. The quantitative estimate of drug-likeness (QED) is 0.921. The van der Waals surface area contributed by atoms with Crippen LogP contribution in [0.2, 0.25) is 0 Å². The molecule has 1 N–H and O–H groups in total. The van der Waals surface area contributed by atoms with Crippen molar-refractivity contribution in [2.45, 2.75) is 6.54 Å². The Labute approximate surface area is 106 Å². The molecule has 0 saturated heterocycles. The SMILES string of the molecule is O=C(O)c1ccc(=O)n(Cc2cc(F)cc(F)c2)c1. The number of aromatic nitrogens is 1. The van der Waals surface area contributed by atoms with Gasteiger partial charge in [0, 0.05) is 18.3 Å². The third kappa shape index (κ3) is 3.04. The van der Waals surface area contributed by atoms with Gasteiger partial charge in [-0.05, 0) is 23.8 Å². The van der Waals surface area contributed by atoms with E-state index in [2.05, 4.69) is 0 Å². The second kappa shape index (κ2) is 5.01. The Bertz CT molecular complexity index is 674. The molecule has 0 amide bonds. The van der Waals surface area contributed by atoms with Crippen LogP contribution in [-0.4, -0.2) is 15.6 Å². The monoisotopic (exact) mass is 265 g/mol. The molecule has 0 aliphatic carbocycles. The maximum Gasteiger partial charge on any atom is 0.337 e. The summed E-state index contributed by atoms with van der Waals surface area (Å²) < 4.78 is 27.1. The molecule has 0 unspecified atom stereocenters. The van der Waals surface area contributed by atoms with E-state index in [9.17, 15) is 18.4 Å². The van der Waals surface area contributed by atoms with E-state index in [1.165, 1.54) is 6.07 Å². The van der Waals surface area contributed by atoms with Gasteiger partial charge in [-0.25, -0.2) is 13.6 Å². The Morgan fingerprint density at radius 2 is 1.79 bits per heavy atom. The zero-order valence-corrected chi connectivity index (χ0v) is 9.64. The fourth-order valence-corrected chi connectivity index (χ4v) is 1.68. The number of hydrogen-bond acceptors (Lipinski definition) is 2. The molecule has 4 nitrogen and oxygen atoms in total. The lowest BCUT2D eigenvalue weighted by Crippen LogP contribution is -2.20. The van der Waals surface area contributed by atoms with E-state index in [4.69, 9.17) is 5.11 Å². The standard InChI is InChI=1S/C13H9F2NO3/c14-10-3-8(4-11(15)5-10)6-16-7-9(13(18)19)1-2-12(16)17/h1-5,7H,6H2,(H,18,19). The molecular formula is C13H9F2NO3. The van der Waals surface area contributed by atoms with E-state index in [1.54, 1.807) is 0 Å². The highest BCUT2D eigenvalue weighted by atomic mass is 19.1. The molecule has 98 valence electrons. The minimum Gasteiger partial charge on any atom is -0.478 e. The van der Waals surface area contributed by atoms with Crippen molar-refractivity contribution in [2.75, 3.05) is 0 Å². The van der Waals surface area contributed by atoms with Gasteiger partial charge in [-0.3, -0.25) is 4.79 Å². The summed E-state index contributed by atoms with van der Waals surface area (Å²) in [6.07, 6.45) is 1.13. The summed E-state index contributed by atoms with van der Waals surface area (Å²) in [7, 11) is 0. The van der Waals surface area contributed by atoms with Gasteiger partial charge in [-0.1, -0.05) is 0 Å². The number of carbonyl (C=O) groups is 1. The van der Waals surface area contributed by atoms with Crippen LogP contribution in [0.1, 0.15) is 15.9 Å². The normalized spacial score (nSPS) is 10.4. The molecule has 1 heterocycles. The predicted molar refractivity (Wildman–Crippen MR) is 63.1 cm³/mol. The van der Waals surface area contributed by atoms with Gasteiger partial charge in [0.05, 0.1) is 12.1 Å². The minimum absolute atomic E-state index is 0.0727. The van der Waals surface area contributed by atoms with Gasteiger partial charge >= 0.3 is 5.97 Å². The first-order chi connectivity index (χ1) is 8.95. The molecular weight excluding hydrogens is 256 g/mol. The fourth-order valence-electron chi connectivity index (χ4n) is 1.68. The number of benzene rings is 1. The highest BCUT2D eigenvalue weighted by Gasteiger charge is 2.07. The summed E-state index contributed by atoms with van der Waals surface area (Å²) in [5.74, 6) is -2.69. The number of carboxylic acids is 1. The lowest BCUT2D eigenvalue weighted by atomic mass is 10.2. The number of halogens is 2. The van der Waals surface area contributed by atoms with Crippen LogP contribution in [0.3, 0.4) is 0 Å². The summed E-state index contributed by atoms with van der Waals surface area (Å²) in [5.41, 5.74) is -0.284. The van der Waals surface area contributed by atoms with Crippen molar-refractivity contribution in [2.24, 2.45) is 0 Å². The molecule has 0 radical (unpaired) electrons. The fraction of sp³-hybridized carbons (Fsp3) is 0.0769. The average molecular weight is 265 g/mol. The van der Waals surface area contributed by atoms with Crippen molar-refractivity contribution in [3.05, 3.63) is 69.6 Å². The molecule has 0 aliphatic rings. The van der Waals surface area contributed by atoms with Gasteiger partial charge in [-0.2, -0.15) is 0 Å². The van der Waals surface area contributed by atoms with E-state index in [0.29, 0.717) is 0 Å². The van der Waals surface area contributed by atoms with Gasteiger partial charge in [0.25, 0.3) is 5.56 Å². The molecule has 1 aromatic carbocycles. The predicted octanol–water partition coefficient (Wildman–Crippen LogP) is 1.87. The Morgan fingerprint density at radius 3 is 2.37 bits per heavy atom. The Morgan fingerprint density at radius 1 is 1.16 bits per heavy atom. The molecule has 19 heavy (non-hydrogen) atoms. The summed E-state index contributed by atoms with van der Waals surface area (Å²) in [5, 5.41) is 8.82. The van der Waals surface area contributed by atoms with Crippen molar-refractivity contribution < 1.29 is 18.7 Å². The number of carboxylic acid groups (broad SMARTS) is 1. The van der Waals surface area contributed by atoms with Gasteiger partial charge in [0.15, 0.2) is 0 Å². The molecule has 2 aromatic rings. The van der Waals surface area contributed by atoms with Crippen LogP contribution in [0.25, 0.3) is 0 Å². The van der Waals surface area contributed by atoms with Gasteiger partial charge in [0.1, 0.15) is 11.6 Å². The molecule has 0 atom stereocenters. The Balaban J connectivity index is 2.40. The molecule has 2 rings (SSSR count). The number of hydrogen-bond donors (Lipinski definition) is 1. The summed E-state index contributed by atoms with van der Waals surface area (Å²) in [6.45, 7) is -0.103. The summed E-state index contributed by atoms with van der Waals surface area (Å²) >= 11 is 0. The topological polar surface area (TPSA) is 59.3 Å². The van der Waals surface area contributed by atoms with Crippen LogP contribution < -0.4 is 5.56 Å². The smallest absolute Gasteiger partial charge is 0.337 e. The maximum absolute atomic E-state index is 13.0. The lowest BCUT2D eigenvalue weighted by molar-refractivity contribution is 0.0696. The molecule has 0 bridgehead atoms. The first kappa shape index (κ1) is 12.9. The van der Waals surface area contributed by atoms with E-state index >= 15 is 0 Å². The highest BCUT2D eigenvalue weighted by molar-refractivity contribution is 5.87. The first-order valence-electron chi connectivity index (χ1n) is 5.34. The van der Waals surface area contributed by atoms with Crippen molar-refractivity contribution in [3.63, 3.8) is 0 Å². The Kier molecular flexibility index (Phi) is 3.41. The molecule has 0 saturated carbocycles. The van der Waals surface area contributed by atoms with E-state index in [-0.39, 0.29) is 17.7 Å². The average Bonchev–Trinajstić information content (AvgIpc) is 2.30. The van der Waals surface area contributed by atoms with Crippen LogP contribution in [-0.2, 0) is 6.54 Å². The highest BCUT2D eigenvalue weighted by Crippen LogP contribution is 2.09. The van der Waals surface area contributed by atoms with Crippen molar-refractivity contribution >= 4 is 5.97 Å². The van der Waals surface area contributed by atoms with Crippen molar-refractivity contribution in [3.8, 4) is 0 Å². The van der Waals surface area contributed by atoms with Crippen LogP contribution in [0.15, 0.2) is 41.3 Å². The number of aromatic carboxylic acids is 1. The van der Waals surface area contributed by atoms with Crippen LogP contribution in [0.5, 0.6) is 0 Å². The third-order valence-electron chi connectivity index (χ3n) is 2.51. The molecule has 0 spiro atoms. The van der Waals surface area contributed by atoms with Gasteiger partial charge in [-0.15, -0.1) is 0 Å². The van der Waals surface area contributed by atoms with Crippen molar-refractivity contribution in [1.29, 1.82) is 0 Å². The zero-order chi connectivity index (χ0) is 14.0. The van der Waals surface area contributed by atoms with E-state index < -0.39 is 23.2 Å². The van der Waals surface area contributed by atoms with Gasteiger partial charge in [0.2, 0.25) is 0 Å². The molecule has 0 fully saturated rings. The lowest BCUT2D eigenvalue weighted by Gasteiger charge is -2.07. The first-order valence-corrected chi connectivity index (χ1v) is 5.34. The van der Waals surface area contributed by atoms with Crippen LogP contribution in [0.4, 0.5) is 8.78 Å². The van der Waals surface area contributed by atoms with Gasteiger partial charge < -0.3 is 9.67 Å². The third-order valence-corrected chi connectivity index (χ3v) is 2.51. The van der Waals surface area contributed by atoms with Crippen LogP contribution in [0, 0.1) is 11.6 Å².